The maximum atomic E-state index is 5.23. The lowest BCUT2D eigenvalue weighted by molar-refractivity contribution is 0.604. The largest absolute Gasteiger partial charge is 0.361 e. The zero-order valence-electron chi connectivity index (χ0n) is 10.6. The number of rotatable bonds is 4. The molecule has 2 N–H and O–H groups in total. The highest BCUT2D eigenvalue weighted by molar-refractivity contribution is 9.10. The SMILES string of the molecule is Cc1ccc(NC(=S)NCCn2cc(Br)cn2)cc1. The second-order valence-electron chi connectivity index (χ2n) is 4.17. The van der Waals surface area contributed by atoms with Crippen LogP contribution in [0.1, 0.15) is 5.56 Å². The van der Waals surface area contributed by atoms with Gasteiger partial charge in [0.2, 0.25) is 0 Å². The standard InChI is InChI=1S/C13H15BrN4S/c1-10-2-4-12(5-3-10)17-13(19)15-6-7-18-9-11(14)8-16-18/h2-5,8-9H,6-7H2,1H3,(H2,15,17,19). The molecule has 2 rings (SSSR count). The van der Waals surface area contributed by atoms with Crippen molar-refractivity contribution in [3.05, 3.63) is 46.7 Å². The Morgan fingerprint density at radius 3 is 2.74 bits per heavy atom. The number of hydrogen-bond donors (Lipinski definition) is 2. The Hall–Kier alpha value is -1.40. The van der Waals surface area contributed by atoms with Gasteiger partial charge in [-0.05, 0) is 47.2 Å². The fraction of sp³-hybridized carbons (Fsp3) is 0.231. The lowest BCUT2D eigenvalue weighted by Crippen LogP contribution is -2.31. The summed E-state index contributed by atoms with van der Waals surface area (Å²) in [5.41, 5.74) is 2.22. The topological polar surface area (TPSA) is 41.9 Å². The maximum Gasteiger partial charge on any atom is 0.170 e. The molecule has 0 bridgehead atoms. The summed E-state index contributed by atoms with van der Waals surface area (Å²) < 4.78 is 2.83. The summed E-state index contributed by atoms with van der Waals surface area (Å²) >= 11 is 8.59. The van der Waals surface area contributed by atoms with Crippen LogP contribution in [0.3, 0.4) is 0 Å². The van der Waals surface area contributed by atoms with Crippen LogP contribution >= 0.6 is 28.1 Å². The van der Waals surface area contributed by atoms with Gasteiger partial charge in [-0.25, -0.2) is 0 Å². The van der Waals surface area contributed by atoms with Crippen LogP contribution in [0.25, 0.3) is 0 Å². The third-order valence-corrected chi connectivity index (χ3v) is 3.19. The first kappa shape index (κ1) is 14.0. The van der Waals surface area contributed by atoms with E-state index in [4.69, 9.17) is 12.2 Å². The molecule has 0 atom stereocenters. The van der Waals surface area contributed by atoms with Crippen LogP contribution in [0.15, 0.2) is 41.1 Å². The van der Waals surface area contributed by atoms with Gasteiger partial charge in [-0.3, -0.25) is 4.68 Å². The van der Waals surface area contributed by atoms with E-state index in [1.165, 1.54) is 5.56 Å². The molecule has 0 radical (unpaired) electrons. The lowest BCUT2D eigenvalue weighted by atomic mass is 10.2. The van der Waals surface area contributed by atoms with E-state index in [0.717, 1.165) is 23.2 Å². The van der Waals surface area contributed by atoms with E-state index in [0.29, 0.717) is 5.11 Å². The Morgan fingerprint density at radius 1 is 1.37 bits per heavy atom. The molecule has 1 aromatic carbocycles. The summed E-state index contributed by atoms with van der Waals surface area (Å²) in [5.74, 6) is 0. The Bertz CT molecular complexity index is 550. The average molecular weight is 339 g/mol. The van der Waals surface area contributed by atoms with Gasteiger partial charge in [0.1, 0.15) is 0 Å². The number of anilines is 1. The zero-order valence-corrected chi connectivity index (χ0v) is 13.0. The van der Waals surface area contributed by atoms with E-state index in [1.54, 1.807) is 6.20 Å². The third-order valence-electron chi connectivity index (χ3n) is 2.54. The van der Waals surface area contributed by atoms with Gasteiger partial charge in [0.15, 0.2) is 5.11 Å². The molecule has 0 aliphatic heterocycles. The van der Waals surface area contributed by atoms with Crippen molar-refractivity contribution in [1.29, 1.82) is 0 Å². The predicted octanol–water partition coefficient (Wildman–Crippen LogP) is 2.94. The van der Waals surface area contributed by atoms with Gasteiger partial charge < -0.3 is 10.6 Å². The first-order valence-electron chi connectivity index (χ1n) is 5.93. The van der Waals surface area contributed by atoms with Gasteiger partial charge in [0.05, 0.1) is 17.2 Å². The number of thiocarbonyl (C=S) groups is 1. The van der Waals surface area contributed by atoms with E-state index in [2.05, 4.69) is 38.6 Å². The number of benzene rings is 1. The molecule has 0 spiro atoms. The fourth-order valence-electron chi connectivity index (χ4n) is 1.56. The molecule has 0 aliphatic carbocycles. The van der Waals surface area contributed by atoms with Crippen molar-refractivity contribution in [2.75, 3.05) is 11.9 Å². The quantitative estimate of drug-likeness (QED) is 0.841. The lowest BCUT2D eigenvalue weighted by Gasteiger charge is -2.10. The Morgan fingerprint density at radius 2 is 2.11 bits per heavy atom. The number of nitrogens with one attached hydrogen (secondary N) is 2. The molecule has 19 heavy (non-hydrogen) atoms. The van der Waals surface area contributed by atoms with Gasteiger partial charge >= 0.3 is 0 Å². The van der Waals surface area contributed by atoms with Crippen LogP contribution in [0.2, 0.25) is 0 Å². The van der Waals surface area contributed by atoms with Crippen LogP contribution in [-0.4, -0.2) is 21.4 Å². The molecule has 0 saturated carbocycles. The monoisotopic (exact) mass is 338 g/mol. The van der Waals surface area contributed by atoms with Crippen molar-refractivity contribution < 1.29 is 0 Å². The van der Waals surface area contributed by atoms with Crippen LogP contribution in [0.4, 0.5) is 5.69 Å². The molecule has 0 amide bonds. The Balaban J connectivity index is 1.74. The number of aromatic nitrogens is 2. The average Bonchev–Trinajstić information content (AvgIpc) is 2.78. The number of aryl methyl sites for hydroxylation is 1. The zero-order chi connectivity index (χ0) is 13.7. The van der Waals surface area contributed by atoms with Crippen molar-refractivity contribution in [1.82, 2.24) is 15.1 Å². The van der Waals surface area contributed by atoms with Gasteiger partial charge in [-0.1, -0.05) is 17.7 Å². The molecular formula is C13H15BrN4S. The molecule has 2 aromatic rings. The van der Waals surface area contributed by atoms with Gasteiger partial charge in [0.25, 0.3) is 0 Å². The number of hydrogen-bond acceptors (Lipinski definition) is 2. The number of halogens is 1. The predicted molar refractivity (Wildman–Crippen MR) is 85.3 cm³/mol. The maximum absolute atomic E-state index is 5.23. The second kappa shape index (κ2) is 6.68. The normalized spacial score (nSPS) is 10.2. The first-order valence-corrected chi connectivity index (χ1v) is 7.13. The van der Waals surface area contributed by atoms with E-state index in [-0.39, 0.29) is 0 Å². The smallest absolute Gasteiger partial charge is 0.170 e. The van der Waals surface area contributed by atoms with Crippen molar-refractivity contribution in [3.63, 3.8) is 0 Å². The first-order chi connectivity index (χ1) is 9.13. The summed E-state index contributed by atoms with van der Waals surface area (Å²) in [4.78, 5) is 0. The van der Waals surface area contributed by atoms with Gasteiger partial charge in [-0.2, -0.15) is 5.10 Å². The van der Waals surface area contributed by atoms with E-state index in [1.807, 2.05) is 35.1 Å². The Labute approximate surface area is 126 Å². The third kappa shape index (κ3) is 4.65. The van der Waals surface area contributed by atoms with Crippen molar-refractivity contribution >= 4 is 38.9 Å². The molecule has 4 nitrogen and oxygen atoms in total. The molecule has 6 heteroatoms. The highest BCUT2D eigenvalue weighted by atomic mass is 79.9. The van der Waals surface area contributed by atoms with Gasteiger partial charge in [-0.15, -0.1) is 0 Å². The number of nitrogens with zero attached hydrogens (tertiary/aromatic N) is 2. The summed E-state index contributed by atoms with van der Waals surface area (Å²) in [7, 11) is 0. The highest BCUT2D eigenvalue weighted by Crippen LogP contribution is 2.08. The van der Waals surface area contributed by atoms with Crippen molar-refractivity contribution in [3.8, 4) is 0 Å². The van der Waals surface area contributed by atoms with Crippen molar-refractivity contribution in [2.24, 2.45) is 0 Å². The summed E-state index contributed by atoms with van der Waals surface area (Å²) in [6.45, 7) is 3.55. The molecule has 0 unspecified atom stereocenters. The molecule has 0 fully saturated rings. The summed E-state index contributed by atoms with van der Waals surface area (Å²) in [6, 6.07) is 8.11. The molecule has 0 aliphatic rings. The molecule has 100 valence electrons. The minimum absolute atomic E-state index is 0.620. The summed E-state index contributed by atoms with van der Waals surface area (Å²) in [6.07, 6.45) is 3.70. The summed E-state index contributed by atoms with van der Waals surface area (Å²) in [5, 5.41) is 11.1. The van der Waals surface area contributed by atoms with Crippen LogP contribution in [-0.2, 0) is 6.54 Å². The molecule has 1 aromatic heterocycles. The van der Waals surface area contributed by atoms with Crippen LogP contribution in [0, 0.1) is 6.92 Å². The minimum Gasteiger partial charge on any atom is -0.361 e. The Kier molecular flexibility index (Phi) is 4.93. The van der Waals surface area contributed by atoms with E-state index >= 15 is 0 Å². The van der Waals surface area contributed by atoms with E-state index < -0.39 is 0 Å². The minimum atomic E-state index is 0.620. The molecular weight excluding hydrogens is 324 g/mol. The van der Waals surface area contributed by atoms with Crippen LogP contribution < -0.4 is 10.6 Å². The highest BCUT2D eigenvalue weighted by Gasteiger charge is 1.98. The van der Waals surface area contributed by atoms with Gasteiger partial charge in [0, 0.05) is 18.4 Å². The molecule has 0 saturated heterocycles. The van der Waals surface area contributed by atoms with Crippen LogP contribution in [0.5, 0.6) is 0 Å². The van der Waals surface area contributed by atoms with E-state index in [9.17, 15) is 0 Å². The fourth-order valence-corrected chi connectivity index (χ4v) is 2.10. The second-order valence-corrected chi connectivity index (χ2v) is 5.49. The molecule has 1 heterocycles. The van der Waals surface area contributed by atoms with Crippen molar-refractivity contribution in [2.45, 2.75) is 13.5 Å².